The Balaban J connectivity index is 2.17. The van der Waals surface area contributed by atoms with Crippen molar-refractivity contribution in [1.29, 1.82) is 0 Å². The van der Waals surface area contributed by atoms with Crippen LogP contribution in [-0.2, 0) is 17.3 Å². The molecule has 1 aromatic carbocycles. The number of carboxylic acid groups (broad SMARTS) is 1. The molecule has 1 amide bonds. The second-order valence-electron chi connectivity index (χ2n) is 5.03. The van der Waals surface area contributed by atoms with Crippen LogP contribution in [0.25, 0.3) is 0 Å². The lowest BCUT2D eigenvalue weighted by atomic mass is 9.82. The minimum Gasteiger partial charge on any atom is -0.481 e. The number of carbonyl (C=O) groups excluding carboxylic acids is 1. The second kappa shape index (κ2) is 5.78. The van der Waals surface area contributed by atoms with E-state index in [-0.39, 0.29) is 12.5 Å². The smallest absolute Gasteiger partial charge is 0.315 e. The van der Waals surface area contributed by atoms with Crippen molar-refractivity contribution in [3.8, 4) is 0 Å². The average molecular weight is 287 g/mol. The monoisotopic (exact) mass is 287 g/mol. The minimum atomic E-state index is -1.19. The molecule has 0 aliphatic rings. The number of carboxylic acids is 1. The van der Waals surface area contributed by atoms with Gasteiger partial charge in [-0.25, -0.2) is 0 Å². The van der Waals surface area contributed by atoms with Crippen molar-refractivity contribution >= 4 is 11.9 Å². The zero-order chi connectivity index (χ0) is 15.5. The molecule has 0 saturated heterocycles. The molecule has 0 bridgehead atoms. The predicted octanol–water partition coefficient (Wildman–Crippen LogP) is 1.19. The molecule has 0 saturated carbocycles. The van der Waals surface area contributed by atoms with Gasteiger partial charge in [-0.3, -0.25) is 14.3 Å². The lowest BCUT2D eigenvalue weighted by Crippen LogP contribution is -2.44. The van der Waals surface area contributed by atoms with Crippen molar-refractivity contribution in [3.63, 3.8) is 0 Å². The molecule has 2 N–H and O–H groups in total. The van der Waals surface area contributed by atoms with Gasteiger partial charge >= 0.3 is 5.97 Å². The van der Waals surface area contributed by atoms with E-state index in [9.17, 15) is 14.7 Å². The van der Waals surface area contributed by atoms with Crippen molar-refractivity contribution in [2.24, 2.45) is 7.05 Å². The molecule has 2 rings (SSSR count). The summed E-state index contributed by atoms with van der Waals surface area (Å²) in [4.78, 5) is 23.7. The topological polar surface area (TPSA) is 84.2 Å². The fourth-order valence-electron chi connectivity index (χ4n) is 2.05. The van der Waals surface area contributed by atoms with E-state index in [1.54, 1.807) is 44.3 Å². The molecule has 0 fully saturated rings. The summed E-state index contributed by atoms with van der Waals surface area (Å²) in [5.41, 5.74) is -0.159. The number of benzene rings is 1. The Morgan fingerprint density at radius 1 is 1.29 bits per heavy atom. The predicted molar refractivity (Wildman–Crippen MR) is 77.0 cm³/mol. The molecule has 1 unspecified atom stereocenters. The van der Waals surface area contributed by atoms with E-state index >= 15 is 0 Å². The van der Waals surface area contributed by atoms with Crippen LogP contribution in [0.1, 0.15) is 23.0 Å². The number of rotatable bonds is 5. The van der Waals surface area contributed by atoms with Crippen LogP contribution in [0.3, 0.4) is 0 Å². The Morgan fingerprint density at radius 2 is 1.95 bits per heavy atom. The average Bonchev–Trinajstić information content (AvgIpc) is 2.91. The molecule has 1 atom stereocenters. The zero-order valence-corrected chi connectivity index (χ0v) is 11.9. The number of amides is 1. The Bertz CT molecular complexity index is 651. The molecule has 6 nitrogen and oxygen atoms in total. The van der Waals surface area contributed by atoms with Crippen LogP contribution in [0.5, 0.6) is 0 Å². The van der Waals surface area contributed by atoms with Gasteiger partial charge in [-0.2, -0.15) is 5.10 Å². The third-order valence-electron chi connectivity index (χ3n) is 3.54. The van der Waals surface area contributed by atoms with Crippen LogP contribution >= 0.6 is 0 Å². The van der Waals surface area contributed by atoms with Crippen molar-refractivity contribution in [3.05, 3.63) is 53.9 Å². The normalized spacial score (nSPS) is 13.4. The van der Waals surface area contributed by atoms with E-state index in [0.717, 1.165) is 0 Å². The van der Waals surface area contributed by atoms with E-state index in [0.29, 0.717) is 11.3 Å². The molecule has 0 aliphatic heterocycles. The number of nitrogens with zero attached hydrogens (tertiary/aromatic N) is 2. The largest absolute Gasteiger partial charge is 0.481 e. The first-order chi connectivity index (χ1) is 9.95. The second-order valence-corrected chi connectivity index (χ2v) is 5.03. The van der Waals surface area contributed by atoms with Gasteiger partial charge in [0.15, 0.2) is 0 Å². The molecule has 0 spiro atoms. The highest BCUT2D eigenvalue weighted by atomic mass is 16.4. The van der Waals surface area contributed by atoms with Crippen LogP contribution in [-0.4, -0.2) is 33.3 Å². The van der Waals surface area contributed by atoms with Gasteiger partial charge < -0.3 is 10.4 Å². The Kier molecular flexibility index (Phi) is 4.07. The van der Waals surface area contributed by atoms with Gasteiger partial charge in [0.25, 0.3) is 5.91 Å². The molecule has 0 aliphatic carbocycles. The lowest BCUT2D eigenvalue weighted by Gasteiger charge is -2.25. The van der Waals surface area contributed by atoms with Gasteiger partial charge in [0.2, 0.25) is 0 Å². The first kappa shape index (κ1) is 14.8. The first-order valence-electron chi connectivity index (χ1n) is 6.50. The van der Waals surface area contributed by atoms with E-state index in [2.05, 4.69) is 10.4 Å². The maximum absolute atomic E-state index is 12.1. The summed E-state index contributed by atoms with van der Waals surface area (Å²) < 4.78 is 1.44. The third-order valence-corrected chi connectivity index (χ3v) is 3.54. The van der Waals surface area contributed by atoms with Crippen molar-refractivity contribution in [2.45, 2.75) is 12.3 Å². The van der Waals surface area contributed by atoms with Crippen LogP contribution in [0.15, 0.2) is 42.6 Å². The number of aryl methyl sites for hydroxylation is 1. The van der Waals surface area contributed by atoms with Crippen molar-refractivity contribution in [1.82, 2.24) is 15.1 Å². The van der Waals surface area contributed by atoms with Crippen LogP contribution in [0.2, 0.25) is 0 Å². The summed E-state index contributed by atoms with van der Waals surface area (Å²) in [6.45, 7) is 1.59. The maximum atomic E-state index is 12.1. The summed E-state index contributed by atoms with van der Waals surface area (Å²) in [5, 5.41) is 16.1. The van der Waals surface area contributed by atoms with E-state index in [4.69, 9.17) is 0 Å². The Labute approximate surface area is 122 Å². The van der Waals surface area contributed by atoms with Crippen LogP contribution in [0, 0.1) is 0 Å². The standard InChI is InChI=1S/C15H17N3O3/c1-15(14(20)21,11-6-4-3-5-7-11)10-16-13(19)12-8-9-17-18(12)2/h3-9H,10H2,1-2H3,(H,16,19)(H,20,21). The van der Waals surface area contributed by atoms with E-state index < -0.39 is 11.4 Å². The fourth-order valence-corrected chi connectivity index (χ4v) is 2.05. The summed E-state index contributed by atoms with van der Waals surface area (Å²) >= 11 is 0. The van der Waals surface area contributed by atoms with E-state index in [1.807, 2.05) is 6.07 Å². The molecular weight excluding hydrogens is 270 g/mol. The van der Waals surface area contributed by atoms with Crippen LogP contribution < -0.4 is 5.32 Å². The van der Waals surface area contributed by atoms with Gasteiger partial charge in [-0.15, -0.1) is 0 Å². The molecule has 1 heterocycles. The summed E-state index contributed by atoms with van der Waals surface area (Å²) in [7, 11) is 1.66. The quantitative estimate of drug-likeness (QED) is 0.865. The molecule has 110 valence electrons. The summed E-state index contributed by atoms with van der Waals surface area (Å²) in [6.07, 6.45) is 1.52. The number of aliphatic carboxylic acids is 1. The Morgan fingerprint density at radius 3 is 2.48 bits per heavy atom. The van der Waals surface area contributed by atoms with Crippen molar-refractivity contribution in [2.75, 3.05) is 6.54 Å². The number of carbonyl (C=O) groups is 2. The third kappa shape index (κ3) is 2.94. The fraction of sp³-hybridized carbons (Fsp3) is 0.267. The van der Waals surface area contributed by atoms with Crippen LogP contribution in [0.4, 0.5) is 0 Å². The maximum Gasteiger partial charge on any atom is 0.315 e. The highest BCUT2D eigenvalue weighted by Crippen LogP contribution is 2.23. The number of aromatic nitrogens is 2. The molecular formula is C15H17N3O3. The number of hydrogen-bond donors (Lipinski definition) is 2. The number of hydrogen-bond acceptors (Lipinski definition) is 3. The summed E-state index contributed by atoms with van der Waals surface area (Å²) in [6, 6.07) is 10.4. The van der Waals surface area contributed by atoms with Crippen molar-refractivity contribution < 1.29 is 14.7 Å². The minimum absolute atomic E-state index is 0.00361. The number of nitrogens with one attached hydrogen (secondary N) is 1. The molecule has 0 radical (unpaired) electrons. The highest BCUT2D eigenvalue weighted by molar-refractivity contribution is 5.93. The molecule has 6 heteroatoms. The van der Waals surface area contributed by atoms with E-state index in [1.165, 1.54) is 10.9 Å². The van der Waals surface area contributed by atoms with Gasteiger partial charge in [0, 0.05) is 19.8 Å². The van der Waals surface area contributed by atoms with Gasteiger partial charge in [0.05, 0.1) is 0 Å². The van der Waals surface area contributed by atoms with Gasteiger partial charge in [-0.1, -0.05) is 30.3 Å². The highest BCUT2D eigenvalue weighted by Gasteiger charge is 2.35. The zero-order valence-electron chi connectivity index (χ0n) is 11.9. The lowest BCUT2D eigenvalue weighted by molar-refractivity contribution is -0.142. The van der Waals surface area contributed by atoms with Gasteiger partial charge in [0.1, 0.15) is 11.1 Å². The first-order valence-corrected chi connectivity index (χ1v) is 6.50. The summed E-state index contributed by atoms with van der Waals surface area (Å²) in [5.74, 6) is -1.34. The van der Waals surface area contributed by atoms with Gasteiger partial charge in [-0.05, 0) is 18.6 Å². The molecule has 1 aromatic heterocycles. The SMILES string of the molecule is Cn1nccc1C(=O)NCC(C)(C(=O)O)c1ccccc1. The molecule has 2 aromatic rings. The molecule has 21 heavy (non-hydrogen) atoms. The Hall–Kier alpha value is -2.63.